The first kappa shape index (κ1) is 15.0. The number of aromatic nitrogens is 3. The Bertz CT molecular complexity index is 373. The third-order valence-electron chi connectivity index (χ3n) is 2.56. The molecular formula is C12H21ClN4O. The fraction of sp³-hybridized carbons (Fsp3) is 0.750. The first-order valence-electron chi connectivity index (χ1n) is 6.23. The maximum absolute atomic E-state index is 5.78. The summed E-state index contributed by atoms with van der Waals surface area (Å²) in [5.41, 5.74) is 0. The highest BCUT2D eigenvalue weighted by Crippen LogP contribution is 2.14. The van der Waals surface area contributed by atoms with Crippen LogP contribution in [-0.2, 0) is 0 Å². The van der Waals surface area contributed by atoms with E-state index in [0.717, 1.165) is 12.3 Å². The van der Waals surface area contributed by atoms with E-state index < -0.39 is 0 Å². The molecule has 1 aromatic heterocycles. The van der Waals surface area contributed by atoms with Gasteiger partial charge in [-0.15, -0.1) is 0 Å². The summed E-state index contributed by atoms with van der Waals surface area (Å²) in [6.45, 7) is 6.56. The van der Waals surface area contributed by atoms with Crippen molar-refractivity contribution in [3.8, 4) is 6.01 Å². The molecule has 0 saturated carbocycles. The molecule has 5 nitrogen and oxygen atoms in total. The number of ether oxygens (including phenoxy) is 1. The number of nitrogens with one attached hydrogen (secondary N) is 1. The van der Waals surface area contributed by atoms with Crippen LogP contribution in [0.1, 0.15) is 40.0 Å². The molecule has 0 fully saturated rings. The van der Waals surface area contributed by atoms with Gasteiger partial charge in [-0.05, 0) is 30.9 Å². The molecule has 102 valence electrons. The first-order valence-corrected chi connectivity index (χ1v) is 6.61. The summed E-state index contributed by atoms with van der Waals surface area (Å²) in [4.78, 5) is 11.9. The van der Waals surface area contributed by atoms with Gasteiger partial charge in [0, 0.05) is 6.04 Å². The summed E-state index contributed by atoms with van der Waals surface area (Å²) in [6, 6.07) is 0.527. The summed E-state index contributed by atoms with van der Waals surface area (Å²) in [5.74, 6) is 1.20. The average molecular weight is 273 g/mol. The van der Waals surface area contributed by atoms with Crippen LogP contribution in [0, 0.1) is 5.92 Å². The zero-order chi connectivity index (χ0) is 13.5. The van der Waals surface area contributed by atoms with Crippen molar-refractivity contribution in [3.05, 3.63) is 5.28 Å². The highest BCUT2D eigenvalue weighted by molar-refractivity contribution is 6.28. The molecule has 0 bridgehead atoms. The second kappa shape index (κ2) is 7.36. The predicted octanol–water partition coefficient (Wildman–Crippen LogP) is 3.16. The van der Waals surface area contributed by atoms with Crippen molar-refractivity contribution in [2.75, 3.05) is 12.4 Å². The molecular weight excluding hydrogens is 252 g/mol. The molecule has 0 amide bonds. The largest absolute Gasteiger partial charge is 0.467 e. The van der Waals surface area contributed by atoms with Crippen LogP contribution in [0.2, 0.25) is 5.28 Å². The van der Waals surface area contributed by atoms with Gasteiger partial charge in [0.2, 0.25) is 11.2 Å². The van der Waals surface area contributed by atoms with E-state index in [1.165, 1.54) is 20.0 Å². The quantitative estimate of drug-likeness (QED) is 0.826. The van der Waals surface area contributed by atoms with E-state index in [9.17, 15) is 0 Å². The number of halogens is 1. The normalized spacial score (nSPS) is 12.6. The van der Waals surface area contributed by atoms with Crippen molar-refractivity contribution in [2.24, 2.45) is 5.92 Å². The third-order valence-corrected chi connectivity index (χ3v) is 2.73. The van der Waals surface area contributed by atoms with Crippen molar-refractivity contribution in [2.45, 2.75) is 46.1 Å². The Morgan fingerprint density at radius 1 is 1.17 bits per heavy atom. The van der Waals surface area contributed by atoms with E-state index in [0.29, 0.717) is 12.0 Å². The smallest absolute Gasteiger partial charge is 0.322 e. The maximum Gasteiger partial charge on any atom is 0.322 e. The van der Waals surface area contributed by atoms with Crippen molar-refractivity contribution in [1.82, 2.24) is 15.0 Å². The van der Waals surface area contributed by atoms with Gasteiger partial charge in [0.15, 0.2) is 0 Å². The first-order chi connectivity index (χ1) is 8.51. The molecule has 0 saturated heterocycles. The summed E-state index contributed by atoms with van der Waals surface area (Å²) in [5, 5.41) is 3.34. The van der Waals surface area contributed by atoms with Crippen LogP contribution >= 0.6 is 11.6 Å². The van der Waals surface area contributed by atoms with Gasteiger partial charge in [-0.1, -0.05) is 26.7 Å². The Balaban J connectivity index is 2.48. The van der Waals surface area contributed by atoms with Gasteiger partial charge in [-0.3, -0.25) is 0 Å². The van der Waals surface area contributed by atoms with Crippen molar-refractivity contribution < 1.29 is 4.74 Å². The summed E-state index contributed by atoms with van der Waals surface area (Å²) < 4.78 is 4.94. The van der Waals surface area contributed by atoms with Gasteiger partial charge in [-0.25, -0.2) is 0 Å². The Hall–Kier alpha value is -1.10. The highest BCUT2D eigenvalue weighted by Gasteiger charge is 2.08. The van der Waals surface area contributed by atoms with E-state index in [1.54, 1.807) is 0 Å². The van der Waals surface area contributed by atoms with Crippen LogP contribution in [-0.4, -0.2) is 28.1 Å². The molecule has 1 heterocycles. The molecule has 0 aliphatic rings. The molecule has 18 heavy (non-hydrogen) atoms. The topological polar surface area (TPSA) is 59.9 Å². The molecule has 1 aromatic rings. The van der Waals surface area contributed by atoms with Crippen LogP contribution in [0.25, 0.3) is 0 Å². The van der Waals surface area contributed by atoms with Gasteiger partial charge < -0.3 is 10.1 Å². The number of hydrogen-bond donors (Lipinski definition) is 1. The lowest BCUT2D eigenvalue weighted by Gasteiger charge is -2.14. The number of hydrogen-bond acceptors (Lipinski definition) is 5. The van der Waals surface area contributed by atoms with E-state index in [4.69, 9.17) is 16.3 Å². The molecule has 0 aliphatic heterocycles. The molecule has 6 heteroatoms. The molecule has 1 rings (SSSR count). The second-order valence-electron chi connectivity index (χ2n) is 4.78. The van der Waals surface area contributed by atoms with Crippen LogP contribution in [0.15, 0.2) is 0 Å². The van der Waals surface area contributed by atoms with E-state index in [2.05, 4.69) is 41.0 Å². The van der Waals surface area contributed by atoms with Crippen molar-refractivity contribution in [1.29, 1.82) is 0 Å². The Labute approximate surface area is 113 Å². The number of nitrogens with zero attached hydrogens (tertiary/aromatic N) is 3. The van der Waals surface area contributed by atoms with E-state index in [1.807, 2.05) is 0 Å². The minimum absolute atomic E-state index is 0.138. The van der Waals surface area contributed by atoms with Crippen LogP contribution in [0.3, 0.4) is 0 Å². The molecule has 1 unspecified atom stereocenters. The summed E-state index contributed by atoms with van der Waals surface area (Å²) in [6.07, 6.45) is 3.49. The van der Waals surface area contributed by atoms with Gasteiger partial charge in [-0.2, -0.15) is 15.0 Å². The number of rotatable bonds is 7. The number of anilines is 1. The van der Waals surface area contributed by atoms with Crippen LogP contribution in [0.5, 0.6) is 6.01 Å². The van der Waals surface area contributed by atoms with Gasteiger partial charge >= 0.3 is 6.01 Å². The lowest BCUT2D eigenvalue weighted by atomic mass is 10.0. The molecule has 1 N–H and O–H groups in total. The Kier molecular flexibility index (Phi) is 6.12. The monoisotopic (exact) mass is 272 g/mol. The summed E-state index contributed by atoms with van der Waals surface area (Å²) in [7, 11) is 1.50. The third kappa shape index (κ3) is 5.49. The van der Waals surface area contributed by atoms with E-state index in [-0.39, 0.29) is 11.3 Å². The van der Waals surface area contributed by atoms with Crippen LogP contribution < -0.4 is 10.1 Å². The lowest BCUT2D eigenvalue weighted by molar-refractivity contribution is 0.378. The van der Waals surface area contributed by atoms with Crippen molar-refractivity contribution >= 4 is 17.5 Å². The Morgan fingerprint density at radius 2 is 1.89 bits per heavy atom. The molecule has 0 aromatic carbocycles. The minimum Gasteiger partial charge on any atom is -0.467 e. The summed E-state index contributed by atoms with van der Waals surface area (Å²) >= 11 is 5.78. The second-order valence-corrected chi connectivity index (χ2v) is 5.12. The minimum atomic E-state index is 0.138. The van der Waals surface area contributed by atoms with E-state index >= 15 is 0 Å². The molecule has 0 spiro atoms. The van der Waals surface area contributed by atoms with Gasteiger partial charge in [0.1, 0.15) is 0 Å². The highest BCUT2D eigenvalue weighted by atomic mass is 35.5. The molecule has 0 aliphatic carbocycles. The number of methoxy groups -OCH3 is 1. The fourth-order valence-corrected chi connectivity index (χ4v) is 1.76. The zero-order valence-electron chi connectivity index (χ0n) is 11.4. The maximum atomic E-state index is 5.78. The SMILES string of the molecule is COc1nc(Cl)nc(NC(C)CCCC(C)C)n1. The fourth-order valence-electron chi connectivity index (χ4n) is 1.61. The van der Waals surface area contributed by atoms with Gasteiger partial charge in [0.05, 0.1) is 7.11 Å². The van der Waals surface area contributed by atoms with Crippen molar-refractivity contribution in [3.63, 3.8) is 0 Å². The molecule has 1 atom stereocenters. The predicted molar refractivity (Wildman–Crippen MR) is 73.2 cm³/mol. The van der Waals surface area contributed by atoms with Crippen LogP contribution in [0.4, 0.5) is 5.95 Å². The standard InChI is InChI=1S/C12H21ClN4O/c1-8(2)6-5-7-9(3)14-11-15-10(13)16-12(17-11)18-4/h8-9H,5-7H2,1-4H3,(H,14,15,16,17). The van der Waals surface area contributed by atoms with Gasteiger partial charge in [0.25, 0.3) is 0 Å². The Morgan fingerprint density at radius 3 is 2.50 bits per heavy atom. The average Bonchev–Trinajstić information content (AvgIpc) is 2.27. The molecule has 0 radical (unpaired) electrons. The zero-order valence-corrected chi connectivity index (χ0v) is 12.2. The lowest BCUT2D eigenvalue weighted by Crippen LogP contribution is -2.17.